The van der Waals surface area contributed by atoms with Gasteiger partial charge in [-0.3, -0.25) is 14.4 Å². The van der Waals surface area contributed by atoms with Gasteiger partial charge in [0.1, 0.15) is 5.69 Å². The molecule has 1 aromatic carbocycles. The fourth-order valence-corrected chi connectivity index (χ4v) is 2.24. The monoisotopic (exact) mass is 308 g/mol. The smallest absolute Gasteiger partial charge is 0.282 e. The molecule has 2 heterocycles. The van der Waals surface area contributed by atoms with Crippen molar-refractivity contribution in [1.29, 1.82) is 0 Å². The molecule has 112 valence electrons. The SMILES string of the molecule is O=C1c2ccccc2C(=O)N1n1cccc1C(=O)C(F)(F)F. The third-order valence-corrected chi connectivity index (χ3v) is 3.21. The highest BCUT2D eigenvalue weighted by Crippen LogP contribution is 2.26. The maximum Gasteiger partial charge on any atom is 0.456 e. The Hall–Kier alpha value is -2.90. The number of carbonyl (C=O) groups is 3. The van der Waals surface area contributed by atoms with Crippen molar-refractivity contribution in [2.24, 2.45) is 0 Å². The van der Waals surface area contributed by atoms with Crippen molar-refractivity contribution in [3.8, 4) is 0 Å². The Labute approximate surface area is 121 Å². The Kier molecular flexibility index (Phi) is 2.91. The molecule has 0 spiro atoms. The number of alkyl halides is 3. The van der Waals surface area contributed by atoms with Gasteiger partial charge in [-0.05, 0) is 24.3 Å². The molecule has 1 aliphatic rings. The molecule has 0 saturated heterocycles. The normalized spacial score (nSPS) is 14.4. The van der Waals surface area contributed by atoms with Crippen LogP contribution in [0.25, 0.3) is 0 Å². The zero-order valence-corrected chi connectivity index (χ0v) is 10.8. The van der Waals surface area contributed by atoms with E-state index in [-0.39, 0.29) is 11.1 Å². The van der Waals surface area contributed by atoms with E-state index >= 15 is 0 Å². The maximum atomic E-state index is 12.6. The molecule has 22 heavy (non-hydrogen) atoms. The van der Waals surface area contributed by atoms with Crippen LogP contribution < -0.4 is 5.01 Å². The molecule has 0 aliphatic carbocycles. The molecular weight excluding hydrogens is 301 g/mol. The fraction of sp³-hybridized carbons (Fsp3) is 0.0714. The van der Waals surface area contributed by atoms with E-state index in [1.807, 2.05) is 0 Å². The Balaban J connectivity index is 2.09. The summed E-state index contributed by atoms with van der Waals surface area (Å²) < 4.78 is 38.4. The van der Waals surface area contributed by atoms with Gasteiger partial charge in [-0.2, -0.15) is 18.2 Å². The number of rotatable bonds is 2. The van der Waals surface area contributed by atoms with Crippen LogP contribution in [0.3, 0.4) is 0 Å². The summed E-state index contributed by atoms with van der Waals surface area (Å²) in [6, 6.07) is 7.91. The molecule has 0 N–H and O–H groups in total. The van der Waals surface area contributed by atoms with E-state index in [4.69, 9.17) is 0 Å². The molecule has 0 radical (unpaired) electrons. The standard InChI is InChI=1S/C14H7F3N2O3/c15-14(16,17)11(20)10-6-3-7-18(10)19-12(21)8-4-1-2-5-9(8)13(19)22/h1-7H. The Morgan fingerprint density at radius 2 is 1.45 bits per heavy atom. The second kappa shape index (κ2) is 4.55. The van der Waals surface area contributed by atoms with Crippen LogP contribution in [0.15, 0.2) is 42.6 Å². The summed E-state index contributed by atoms with van der Waals surface area (Å²) in [6.07, 6.45) is -4.05. The molecule has 1 aliphatic heterocycles. The Morgan fingerprint density at radius 1 is 0.909 bits per heavy atom. The number of hydrogen-bond acceptors (Lipinski definition) is 3. The van der Waals surface area contributed by atoms with Crippen molar-refractivity contribution in [2.45, 2.75) is 6.18 Å². The minimum Gasteiger partial charge on any atom is -0.282 e. The quantitative estimate of drug-likeness (QED) is 0.631. The molecule has 1 aromatic heterocycles. The first-order chi connectivity index (χ1) is 10.3. The summed E-state index contributed by atoms with van der Waals surface area (Å²) in [7, 11) is 0. The highest BCUT2D eigenvalue weighted by Gasteiger charge is 2.44. The van der Waals surface area contributed by atoms with Crippen LogP contribution in [0, 0.1) is 0 Å². The molecule has 0 saturated carbocycles. The number of imide groups is 1. The van der Waals surface area contributed by atoms with Crippen LogP contribution in [0.4, 0.5) is 13.2 Å². The van der Waals surface area contributed by atoms with Crippen LogP contribution in [-0.2, 0) is 0 Å². The third-order valence-electron chi connectivity index (χ3n) is 3.21. The van der Waals surface area contributed by atoms with Gasteiger partial charge in [-0.15, -0.1) is 0 Å². The van der Waals surface area contributed by atoms with Crippen LogP contribution in [0.1, 0.15) is 31.2 Å². The molecule has 0 atom stereocenters. The lowest BCUT2D eigenvalue weighted by molar-refractivity contribution is -0.0890. The summed E-state index contributed by atoms with van der Waals surface area (Å²) >= 11 is 0. The number of hydrogen-bond donors (Lipinski definition) is 0. The number of benzene rings is 1. The van der Waals surface area contributed by atoms with Gasteiger partial charge >= 0.3 is 6.18 Å². The fourth-order valence-electron chi connectivity index (χ4n) is 2.24. The lowest BCUT2D eigenvalue weighted by Crippen LogP contribution is -2.42. The minimum absolute atomic E-state index is 0.0756. The summed E-state index contributed by atoms with van der Waals surface area (Å²) in [5.74, 6) is -3.70. The average Bonchev–Trinajstić information content (AvgIpc) is 3.02. The van der Waals surface area contributed by atoms with Gasteiger partial charge in [-0.25, -0.2) is 4.68 Å². The van der Waals surface area contributed by atoms with Crippen molar-refractivity contribution >= 4 is 17.6 Å². The second-order valence-electron chi connectivity index (χ2n) is 4.53. The van der Waals surface area contributed by atoms with Crippen LogP contribution in [-0.4, -0.2) is 28.5 Å². The summed E-state index contributed by atoms with van der Waals surface area (Å²) in [4.78, 5) is 35.8. The van der Waals surface area contributed by atoms with E-state index in [0.29, 0.717) is 9.69 Å². The molecule has 2 aromatic rings. The van der Waals surface area contributed by atoms with Crippen LogP contribution in [0.2, 0.25) is 0 Å². The molecular formula is C14H7F3N2O3. The van der Waals surface area contributed by atoms with Gasteiger partial charge in [0.2, 0.25) is 0 Å². The molecule has 2 amide bonds. The molecule has 3 rings (SSSR count). The van der Waals surface area contributed by atoms with Crippen molar-refractivity contribution in [2.75, 3.05) is 5.01 Å². The first kappa shape index (κ1) is 14.1. The predicted molar refractivity (Wildman–Crippen MR) is 68.1 cm³/mol. The Bertz CT molecular complexity index is 773. The lowest BCUT2D eigenvalue weighted by atomic mass is 10.1. The van der Waals surface area contributed by atoms with Crippen molar-refractivity contribution in [1.82, 2.24) is 4.68 Å². The zero-order chi connectivity index (χ0) is 16.1. The van der Waals surface area contributed by atoms with Crippen molar-refractivity contribution in [3.05, 3.63) is 59.4 Å². The number of amides is 2. The summed E-state index contributed by atoms with van der Waals surface area (Å²) in [5.41, 5.74) is -0.653. The molecule has 0 bridgehead atoms. The number of halogens is 3. The van der Waals surface area contributed by atoms with Gasteiger partial charge in [-0.1, -0.05) is 12.1 Å². The largest absolute Gasteiger partial charge is 0.456 e. The van der Waals surface area contributed by atoms with E-state index in [9.17, 15) is 27.6 Å². The van der Waals surface area contributed by atoms with Gasteiger partial charge in [0.25, 0.3) is 17.6 Å². The van der Waals surface area contributed by atoms with E-state index < -0.39 is 29.5 Å². The molecule has 8 heteroatoms. The van der Waals surface area contributed by atoms with E-state index in [1.54, 1.807) is 0 Å². The topological polar surface area (TPSA) is 59.4 Å². The van der Waals surface area contributed by atoms with Gasteiger partial charge < -0.3 is 0 Å². The van der Waals surface area contributed by atoms with E-state index in [2.05, 4.69) is 0 Å². The zero-order valence-electron chi connectivity index (χ0n) is 10.8. The minimum atomic E-state index is -5.10. The van der Waals surface area contributed by atoms with E-state index in [1.165, 1.54) is 24.3 Å². The third kappa shape index (κ3) is 1.92. The summed E-state index contributed by atoms with van der Waals surface area (Å²) in [6.45, 7) is 0. The first-order valence-corrected chi connectivity index (χ1v) is 6.09. The van der Waals surface area contributed by atoms with Crippen molar-refractivity contribution in [3.63, 3.8) is 0 Å². The van der Waals surface area contributed by atoms with E-state index in [0.717, 1.165) is 18.3 Å². The van der Waals surface area contributed by atoms with Crippen molar-refractivity contribution < 1.29 is 27.6 Å². The van der Waals surface area contributed by atoms with Gasteiger partial charge in [0.05, 0.1) is 11.1 Å². The van der Waals surface area contributed by atoms with Crippen LogP contribution >= 0.6 is 0 Å². The number of aromatic nitrogens is 1. The summed E-state index contributed by atoms with van der Waals surface area (Å²) in [5, 5.41) is 0.517. The first-order valence-electron chi connectivity index (χ1n) is 6.09. The number of nitrogens with zero attached hydrogens (tertiary/aromatic N) is 2. The Morgan fingerprint density at radius 3 is 1.95 bits per heavy atom. The highest BCUT2D eigenvalue weighted by molar-refractivity contribution is 6.30. The predicted octanol–water partition coefficient (Wildman–Crippen LogP) is 2.17. The maximum absolute atomic E-state index is 12.6. The average molecular weight is 308 g/mol. The molecule has 5 nitrogen and oxygen atoms in total. The number of ketones is 1. The second-order valence-corrected chi connectivity index (χ2v) is 4.53. The van der Waals surface area contributed by atoms with Gasteiger partial charge in [0, 0.05) is 6.20 Å². The molecule has 0 fully saturated rings. The van der Waals surface area contributed by atoms with Gasteiger partial charge in [0.15, 0.2) is 0 Å². The number of carbonyl (C=O) groups excluding carboxylic acids is 3. The number of Topliss-reactive ketones (excluding diaryl/α,β-unsaturated/α-hetero) is 1. The number of fused-ring (bicyclic) bond motifs is 1. The highest BCUT2D eigenvalue weighted by atomic mass is 19.4. The molecule has 0 unspecified atom stereocenters. The van der Waals surface area contributed by atoms with Crippen LogP contribution in [0.5, 0.6) is 0 Å². The lowest BCUT2D eigenvalue weighted by Gasteiger charge is -2.18.